The molecule has 0 aromatic heterocycles. The maximum atomic E-state index is 12.0. The number of ether oxygens (including phenoxy) is 1. The van der Waals surface area contributed by atoms with Gasteiger partial charge in [-0.3, -0.25) is 0 Å². The van der Waals surface area contributed by atoms with Crippen LogP contribution in [0.15, 0.2) is 24.3 Å². The van der Waals surface area contributed by atoms with Gasteiger partial charge in [0, 0.05) is 12.1 Å². The monoisotopic (exact) mass is 277 g/mol. The zero-order chi connectivity index (χ0) is 14.5. The third kappa shape index (κ3) is 5.48. The molecule has 0 saturated carbocycles. The number of hydrogen-bond donors (Lipinski definition) is 2. The fraction of sp³-hybridized carbons (Fsp3) is 0.538. The topological polar surface area (TPSA) is 41.5 Å². The van der Waals surface area contributed by atoms with E-state index in [-0.39, 0.29) is 17.9 Å². The number of halogens is 3. The van der Waals surface area contributed by atoms with Crippen LogP contribution >= 0.6 is 0 Å². The second-order valence-corrected chi connectivity index (χ2v) is 4.62. The van der Waals surface area contributed by atoms with Gasteiger partial charge in [-0.1, -0.05) is 19.1 Å². The van der Waals surface area contributed by atoms with E-state index in [1.165, 1.54) is 12.1 Å². The van der Waals surface area contributed by atoms with Crippen molar-refractivity contribution in [2.75, 3.05) is 6.61 Å². The van der Waals surface area contributed by atoms with Crippen molar-refractivity contribution in [2.45, 2.75) is 38.7 Å². The number of hydrogen-bond acceptors (Lipinski definition) is 3. The smallest absolute Gasteiger partial charge is 0.406 e. The lowest BCUT2D eigenvalue weighted by atomic mass is 10.00. The first-order chi connectivity index (χ1) is 8.78. The summed E-state index contributed by atoms with van der Waals surface area (Å²) in [5.41, 5.74) is 0.434. The van der Waals surface area contributed by atoms with Crippen LogP contribution in [0.1, 0.15) is 25.8 Å². The Balaban J connectivity index is 2.58. The van der Waals surface area contributed by atoms with Gasteiger partial charge in [0.1, 0.15) is 5.75 Å². The maximum absolute atomic E-state index is 12.0. The fourth-order valence-electron chi connectivity index (χ4n) is 1.42. The lowest BCUT2D eigenvalue weighted by molar-refractivity contribution is -0.274. The molecule has 1 aromatic carbocycles. The van der Waals surface area contributed by atoms with Gasteiger partial charge in [-0.25, -0.2) is 0 Å². The second-order valence-electron chi connectivity index (χ2n) is 4.62. The summed E-state index contributed by atoms with van der Waals surface area (Å²) in [6, 6.07) is 5.66. The molecule has 6 heteroatoms. The molecule has 19 heavy (non-hydrogen) atoms. The van der Waals surface area contributed by atoms with E-state index in [2.05, 4.69) is 10.1 Å². The Bertz CT molecular complexity index is 386. The third-order valence-electron chi connectivity index (χ3n) is 3.01. The van der Waals surface area contributed by atoms with Gasteiger partial charge in [0.05, 0.1) is 6.61 Å². The van der Waals surface area contributed by atoms with Gasteiger partial charge in [0.25, 0.3) is 0 Å². The summed E-state index contributed by atoms with van der Waals surface area (Å²) in [6.45, 7) is 4.30. The van der Waals surface area contributed by atoms with Crippen LogP contribution in [0.5, 0.6) is 5.75 Å². The predicted molar refractivity (Wildman–Crippen MR) is 65.7 cm³/mol. The fourth-order valence-corrected chi connectivity index (χ4v) is 1.42. The first kappa shape index (κ1) is 15.8. The van der Waals surface area contributed by atoms with E-state index in [1.807, 2.05) is 13.8 Å². The largest absolute Gasteiger partial charge is 0.573 e. The molecule has 0 amide bonds. The first-order valence-corrected chi connectivity index (χ1v) is 5.98. The average molecular weight is 277 g/mol. The molecule has 2 N–H and O–H groups in total. The van der Waals surface area contributed by atoms with Crippen LogP contribution in [0.4, 0.5) is 13.2 Å². The van der Waals surface area contributed by atoms with Crippen LogP contribution in [0.2, 0.25) is 0 Å². The SMILES string of the molecule is CCC(C)(CO)NCc1ccc(OC(F)(F)F)cc1. The van der Waals surface area contributed by atoms with E-state index in [9.17, 15) is 18.3 Å². The molecule has 0 aliphatic heterocycles. The van der Waals surface area contributed by atoms with Crippen molar-refractivity contribution < 1.29 is 23.0 Å². The molecule has 1 unspecified atom stereocenters. The zero-order valence-electron chi connectivity index (χ0n) is 10.9. The molecule has 3 nitrogen and oxygen atoms in total. The van der Waals surface area contributed by atoms with Gasteiger partial charge in [0.15, 0.2) is 0 Å². The van der Waals surface area contributed by atoms with Gasteiger partial charge in [-0.2, -0.15) is 0 Å². The van der Waals surface area contributed by atoms with Gasteiger partial charge < -0.3 is 15.2 Å². The molecule has 0 aliphatic rings. The number of rotatable bonds is 6. The molecular weight excluding hydrogens is 259 g/mol. The lowest BCUT2D eigenvalue weighted by Crippen LogP contribution is -2.44. The number of alkyl halides is 3. The van der Waals surface area contributed by atoms with Crippen molar-refractivity contribution >= 4 is 0 Å². The summed E-state index contributed by atoms with van der Waals surface area (Å²) in [4.78, 5) is 0. The van der Waals surface area contributed by atoms with Crippen LogP contribution < -0.4 is 10.1 Å². The molecule has 108 valence electrons. The molecule has 0 spiro atoms. The highest BCUT2D eigenvalue weighted by Crippen LogP contribution is 2.22. The number of nitrogens with one attached hydrogen (secondary N) is 1. The van der Waals surface area contributed by atoms with E-state index < -0.39 is 6.36 Å². The Labute approximate surface area is 110 Å². The van der Waals surface area contributed by atoms with Crippen LogP contribution in [0.25, 0.3) is 0 Å². The summed E-state index contributed by atoms with van der Waals surface area (Å²) in [5.74, 6) is -0.239. The molecule has 0 bridgehead atoms. The molecule has 0 heterocycles. The van der Waals surface area contributed by atoms with Crippen molar-refractivity contribution in [1.29, 1.82) is 0 Å². The van der Waals surface area contributed by atoms with Crippen LogP contribution in [-0.2, 0) is 6.54 Å². The van der Waals surface area contributed by atoms with Crippen LogP contribution in [0, 0.1) is 0 Å². The van der Waals surface area contributed by atoms with Gasteiger partial charge in [-0.05, 0) is 31.0 Å². The Morgan fingerprint density at radius 1 is 1.21 bits per heavy atom. The van der Waals surface area contributed by atoms with Crippen LogP contribution in [-0.4, -0.2) is 23.6 Å². The van der Waals surface area contributed by atoms with E-state index >= 15 is 0 Å². The Kier molecular flexibility index (Phi) is 5.20. The van der Waals surface area contributed by atoms with E-state index in [4.69, 9.17) is 0 Å². The average Bonchev–Trinajstić information content (AvgIpc) is 2.36. The maximum Gasteiger partial charge on any atom is 0.573 e. The molecule has 0 aliphatic carbocycles. The minimum atomic E-state index is -4.67. The summed E-state index contributed by atoms with van der Waals surface area (Å²) in [5, 5.41) is 12.4. The third-order valence-corrected chi connectivity index (χ3v) is 3.01. The van der Waals surface area contributed by atoms with Crippen molar-refractivity contribution in [2.24, 2.45) is 0 Å². The molecule has 1 atom stereocenters. The molecule has 0 fully saturated rings. The van der Waals surface area contributed by atoms with Gasteiger partial charge >= 0.3 is 6.36 Å². The lowest BCUT2D eigenvalue weighted by Gasteiger charge is -2.27. The number of benzene rings is 1. The highest BCUT2D eigenvalue weighted by Gasteiger charge is 2.30. The quantitative estimate of drug-likeness (QED) is 0.840. The van der Waals surface area contributed by atoms with Crippen LogP contribution in [0.3, 0.4) is 0 Å². The second kappa shape index (κ2) is 6.25. The molecular formula is C13H18F3NO2. The van der Waals surface area contributed by atoms with Crippen molar-refractivity contribution in [3.63, 3.8) is 0 Å². The zero-order valence-corrected chi connectivity index (χ0v) is 10.9. The van der Waals surface area contributed by atoms with Crippen molar-refractivity contribution in [3.8, 4) is 5.75 Å². The van der Waals surface area contributed by atoms with Crippen molar-refractivity contribution in [1.82, 2.24) is 5.32 Å². The summed E-state index contributed by atoms with van der Waals surface area (Å²) < 4.78 is 39.7. The molecule has 1 rings (SSSR count). The van der Waals surface area contributed by atoms with Gasteiger partial charge in [0.2, 0.25) is 0 Å². The normalized spacial score (nSPS) is 15.1. The first-order valence-electron chi connectivity index (χ1n) is 5.98. The van der Waals surface area contributed by atoms with Crippen molar-refractivity contribution in [3.05, 3.63) is 29.8 Å². The Morgan fingerprint density at radius 2 is 1.79 bits per heavy atom. The summed E-state index contributed by atoms with van der Waals surface area (Å²) in [7, 11) is 0. The van der Waals surface area contributed by atoms with E-state index in [0.29, 0.717) is 6.54 Å². The van der Waals surface area contributed by atoms with Gasteiger partial charge in [-0.15, -0.1) is 13.2 Å². The minimum Gasteiger partial charge on any atom is -0.406 e. The highest BCUT2D eigenvalue weighted by atomic mass is 19.4. The number of aliphatic hydroxyl groups excluding tert-OH is 1. The molecule has 1 aromatic rings. The molecule has 0 saturated heterocycles. The standard InChI is InChI=1S/C13H18F3NO2/c1-3-12(2,9-18)17-8-10-4-6-11(7-5-10)19-13(14,15)16/h4-7,17-18H,3,8-9H2,1-2H3. The Hall–Kier alpha value is -1.27. The highest BCUT2D eigenvalue weighted by molar-refractivity contribution is 5.27. The van der Waals surface area contributed by atoms with E-state index in [1.54, 1.807) is 12.1 Å². The Morgan fingerprint density at radius 3 is 2.21 bits per heavy atom. The summed E-state index contributed by atoms with van der Waals surface area (Å²) >= 11 is 0. The predicted octanol–water partition coefficient (Wildman–Crippen LogP) is 2.84. The number of aliphatic hydroxyl groups is 1. The molecule has 0 radical (unpaired) electrons. The van der Waals surface area contributed by atoms with E-state index in [0.717, 1.165) is 12.0 Å². The minimum absolute atomic E-state index is 0.00122. The summed E-state index contributed by atoms with van der Waals surface area (Å²) in [6.07, 6.45) is -3.92.